The lowest BCUT2D eigenvalue weighted by Gasteiger charge is -2.04. The van der Waals surface area contributed by atoms with Gasteiger partial charge in [-0.05, 0) is 24.3 Å². The first-order chi connectivity index (χ1) is 9.06. The SMILES string of the molecule is O=C(O)c1csc(CNCc2cc(F)ccc2F)c1. The molecule has 6 heteroatoms. The Labute approximate surface area is 112 Å². The third-order valence-electron chi connectivity index (χ3n) is 2.52. The largest absolute Gasteiger partial charge is 0.478 e. The van der Waals surface area contributed by atoms with Gasteiger partial charge in [0, 0.05) is 28.9 Å². The van der Waals surface area contributed by atoms with Crippen molar-refractivity contribution in [2.75, 3.05) is 0 Å². The highest BCUT2D eigenvalue weighted by Gasteiger charge is 2.07. The first-order valence-electron chi connectivity index (χ1n) is 5.51. The van der Waals surface area contributed by atoms with Crippen LogP contribution in [0.25, 0.3) is 0 Å². The second kappa shape index (κ2) is 5.90. The molecule has 0 amide bonds. The number of hydrogen-bond acceptors (Lipinski definition) is 3. The van der Waals surface area contributed by atoms with Crippen molar-refractivity contribution in [3.8, 4) is 0 Å². The molecule has 0 spiro atoms. The van der Waals surface area contributed by atoms with Crippen LogP contribution in [-0.4, -0.2) is 11.1 Å². The molecule has 2 rings (SSSR count). The van der Waals surface area contributed by atoms with Gasteiger partial charge in [0.15, 0.2) is 0 Å². The third kappa shape index (κ3) is 3.59. The Kier molecular flexibility index (Phi) is 4.24. The monoisotopic (exact) mass is 283 g/mol. The number of benzene rings is 1. The lowest BCUT2D eigenvalue weighted by Crippen LogP contribution is -2.13. The van der Waals surface area contributed by atoms with Crippen LogP contribution in [0.3, 0.4) is 0 Å². The van der Waals surface area contributed by atoms with Crippen molar-refractivity contribution < 1.29 is 18.7 Å². The summed E-state index contributed by atoms with van der Waals surface area (Å²) in [6.45, 7) is 0.595. The van der Waals surface area contributed by atoms with E-state index in [9.17, 15) is 13.6 Å². The molecule has 0 atom stereocenters. The molecule has 100 valence electrons. The smallest absolute Gasteiger partial charge is 0.336 e. The number of hydrogen-bond donors (Lipinski definition) is 2. The van der Waals surface area contributed by atoms with Crippen molar-refractivity contribution in [1.29, 1.82) is 0 Å². The Morgan fingerprint density at radius 2 is 2.05 bits per heavy atom. The molecule has 0 aliphatic heterocycles. The molecule has 0 bridgehead atoms. The first kappa shape index (κ1) is 13.6. The van der Waals surface area contributed by atoms with E-state index in [0.29, 0.717) is 6.54 Å². The van der Waals surface area contributed by atoms with Crippen LogP contribution in [0.15, 0.2) is 29.6 Å². The van der Waals surface area contributed by atoms with Crippen LogP contribution in [0.5, 0.6) is 0 Å². The number of aromatic carboxylic acids is 1. The van der Waals surface area contributed by atoms with Gasteiger partial charge in [0.1, 0.15) is 11.6 Å². The van der Waals surface area contributed by atoms with Gasteiger partial charge in [0.25, 0.3) is 0 Å². The molecular weight excluding hydrogens is 272 g/mol. The van der Waals surface area contributed by atoms with Gasteiger partial charge >= 0.3 is 5.97 Å². The van der Waals surface area contributed by atoms with E-state index in [2.05, 4.69) is 5.32 Å². The molecule has 0 aliphatic carbocycles. The van der Waals surface area contributed by atoms with Crippen LogP contribution in [0, 0.1) is 11.6 Å². The molecule has 1 heterocycles. The standard InChI is InChI=1S/C13H11F2NO2S/c14-10-1-2-12(15)8(3-10)5-16-6-11-4-9(7-19-11)13(17)18/h1-4,7,16H,5-6H2,(H,17,18). The highest BCUT2D eigenvalue weighted by molar-refractivity contribution is 7.10. The molecule has 0 radical (unpaired) electrons. The highest BCUT2D eigenvalue weighted by Crippen LogP contribution is 2.15. The maximum absolute atomic E-state index is 13.3. The zero-order chi connectivity index (χ0) is 13.8. The summed E-state index contributed by atoms with van der Waals surface area (Å²) in [6, 6.07) is 4.85. The number of carboxylic acids is 1. The summed E-state index contributed by atoms with van der Waals surface area (Å²) in [5.41, 5.74) is 0.480. The molecule has 1 aromatic heterocycles. The lowest BCUT2D eigenvalue weighted by atomic mass is 10.2. The molecule has 2 N–H and O–H groups in total. The first-order valence-corrected chi connectivity index (χ1v) is 6.39. The fraction of sp³-hybridized carbons (Fsp3) is 0.154. The van der Waals surface area contributed by atoms with E-state index in [-0.39, 0.29) is 17.7 Å². The minimum atomic E-state index is -0.973. The van der Waals surface area contributed by atoms with Crippen LogP contribution in [-0.2, 0) is 13.1 Å². The van der Waals surface area contributed by atoms with Gasteiger partial charge in [-0.3, -0.25) is 0 Å². The number of carboxylic acid groups (broad SMARTS) is 1. The molecule has 0 saturated carbocycles. The van der Waals surface area contributed by atoms with Gasteiger partial charge in [-0.15, -0.1) is 11.3 Å². The number of carbonyl (C=O) groups is 1. The van der Waals surface area contributed by atoms with E-state index in [1.54, 1.807) is 11.4 Å². The maximum Gasteiger partial charge on any atom is 0.336 e. The Balaban J connectivity index is 1.92. The van der Waals surface area contributed by atoms with E-state index >= 15 is 0 Å². The summed E-state index contributed by atoms with van der Waals surface area (Å²) in [7, 11) is 0. The Morgan fingerprint density at radius 3 is 2.74 bits per heavy atom. The van der Waals surface area contributed by atoms with Gasteiger partial charge in [-0.1, -0.05) is 0 Å². The van der Waals surface area contributed by atoms with Crippen molar-refractivity contribution in [3.63, 3.8) is 0 Å². The van der Waals surface area contributed by atoms with Crippen molar-refractivity contribution in [2.24, 2.45) is 0 Å². The molecule has 0 aliphatic rings. The predicted molar refractivity (Wildman–Crippen MR) is 68.2 cm³/mol. The fourth-order valence-electron chi connectivity index (χ4n) is 1.58. The minimum Gasteiger partial charge on any atom is -0.478 e. The van der Waals surface area contributed by atoms with Gasteiger partial charge in [-0.2, -0.15) is 0 Å². The average molecular weight is 283 g/mol. The number of thiophene rings is 1. The summed E-state index contributed by atoms with van der Waals surface area (Å²) in [4.78, 5) is 11.5. The zero-order valence-electron chi connectivity index (χ0n) is 9.82. The molecule has 19 heavy (non-hydrogen) atoms. The summed E-state index contributed by atoms with van der Waals surface area (Å²) >= 11 is 1.31. The van der Waals surface area contributed by atoms with Gasteiger partial charge < -0.3 is 10.4 Å². The van der Waals surface area contributed by atoms with Gasteiger partial charge in [-0.25, -0.2) is 13.6 Å². The Hall–Kier alpha value is -1.79. The number of nitrogens with one attached hydrogen (secondary N) is 1. The Bertz CT molecular complexity index is 598. The Morgan fingerprint density at radius 1 is 1.26 bits per heavy atom. The third-order valence-corrected chi connectivity index (χ3v) is 3.46. The minimum absolute atomic E-state index is 0.184. The van der Waals surface area contributed by atoms with E-state index in [0.717, 1.165) is 23.1 Å². The highest BCUT2D eigenvalue weighted by atomic mass is 32.1. The van der Waals surface area contributed by atoms with Crippen LogP contribution in [0.2, 0.25) is 0 Å². The lowest BCUT2D eigenvalue weighted by molar-refractivity contribution is 0.0697. The van der Waals surface area contributed by atoms with E-state index in [4.69, 9.17) is 5.11 Å². The molecule has 0 fully saturated rings. The van der Waals surface area contributed by atoms with Crippen molar-refractivity contribution >= 4 is 17.3 Å². The zero-order valence-corrected chi connectivity index (χ0v) is 10.6. The topological polar surface area (TPSA) is 49.3 Å². The number of halogens is 2. The van der Waals surface area contributed by atoms with Crippen LogP contribution >= 0.6 is 11.3 Å². The summed E-state index contributed by atoms with van der Waals surface area (Å²) in [6.07, 6.45) is 0. The molecular formula is C13H11F2NO2S. The fourth-order valence-corrected chi connectivity index (χ4v) is 2.41. The summed E-state index contributed by atoms with van der Waals surface area (Å²) in [5, 5.41) is 13.3. The van der Waals surface area contributed by atoms with Crippen molar-refractivity contribution in [1.82, 2.24) is 5.32 Å². The van der Waals surface area contributed by atoms with Crippen LogP contribution in [0.1, 0.15) is 20.8 Å². The normalized spacial score (nSPS) is 10.6. The van der Waals surface area contributed by atoms with E-state index in [1.807, 2.05) is 0 Å². The van der Waals surface area contributed by atoms with Crippen molar-refractivity contribution in [3.05, 3.63) is 57.3 Å². The van der Waals surface area contributed by atoms with Gasteiger partial charge in [0.2, 0.25) is 0 Å². The molecule has 0 unspecified atom stereocenters. The van der Waals surface area contributed by atoms with E-state index < -0.39 is 17.6 Å². The molecule has 1 aromatic carbocycles. The summed E-state index contributed by atoms with van der Waals surface area (Å²) in [5.74, 6) is -1.92. The van der Waals surface area contributed by atoms with Crippen LogP contribution < -0.4 is 5.32 Å². The molecule has 0 saturated heterocycles. The summed E-state index contributed by atoms with van der Waals surface area (Å²) < 4.78 is 26.3. The predicted octanol–water partition coefficient (Wildman–Crippen LogP) is 3.01. The second-order valence-electron chi connectivity index (χ2n) is 3.95. The van der Waals surface area contributed by atoms with Gasteiger partial charge in [0.05, 0.1) is 5.56 Å². The van der Waals surface area contributed by atoms with Crippen molar-refractivity contribution in [2.45, 2.75) is 13.1 Å². The maximum atomic E-state index is 13.3. The van der Waals surface area contributed by atoms with E-state index in [1.165, 1.54) is 11.3 Å². The molecule has 2 aromatic rings. The quantitative estimate of drug-likeness (QED) is 0.886. The average Bonchev–Trinajstić information content (AvgIpc) is 2.82. The second-order valence-corrected chi connectivity index (χ2v) is 4.94. The van der Waals surface area contributed by atoms with Crippen LogP contribution in [0.4, 0.5) is 8.78 Å². The molecule has 3 nitrogen and oxygen atoms in total. The number of rotatable bonds is 5.